The van der Waals surface area contributed by atoms with Crippen molar-refractivity contribution in [2.45, 2.75) is 45.7 Å². The highest BCUT2D eigenvalue weighted by Gasteiger charge is 2.62. The van der Waals surface area contributed by atoms with E-state index in [1.165, 1.54) is 12.1 Å². The summed E-state index contributed by atoms with van der Waals surface area (Å²) in [7, 11) is 0.894. The topological polar surface area (TPSA) is 49.3 Å². The van der Waals surface area contributed by atoms with Crippen LogP contribution in [0, 0.1) is 13.8 Å². The number of oxime groups is 1. The first-order chi connectivity index (χ1) is 17.0. The number of alkyl halides is 5. The summed E-state index contributed by atoms with van der Waals surface area (Å²) in [5.41, 5.74) is -0.102. The van der Waals surface area contributed by atoms with Gasteiger partial charge in [0.15, 0.2) is 5.71 Å². The van der Waals surface area contributed by atoms with E-state index < -0.39 is 23.4 Å². The molecule has 0 spiro atoms. The summed E-state index contributed by atoms with van der Waals surface area (Å²) < 4.78 is 83.4. The number of hydrogen-bond acceptors (Lipinski definition) is 5. The summed E-state index contributed by atoms with van der Waals surface area (Å²) in [6.07, 6.45) is -0.781. The van der Waals surface area contributed by atoms with Gasteiger partial charge in [-0.15, -0.1) is 0 Å². The zero-order chi connectivity index (χ0) is 26.8. The Morgan fingerprint density at radius 3 is 2.11 bits per heavy atom. The number of aryl methyl sites for hydroxylation is 2. The van der Waals surface area contributed by atoms with Crippen LogP contribution >= 0.6 is 0 Å². The highest BCUT2D eigenvalue weighted by atomic mass is 19.4. The second-order valence-corrected chi connectivity index (χ2v) is 7.89. The average molecular weight is 516 g/mol. The van der Waals surface area contributed by atoms with E-state index in [1.54, 1.807) is 0 Å². The van der Waals surface area contributed by atoms with Crippen LogP contribution in [-0.2, 0) is 4.84 Å². The van der Waals surface area contributed by atoms with Crippen LogP contribution in [0.15, 0.2) is 53.7 Å². The Morgan fingerprint density at radius 1 is 0.889 bits per heavy atom. The maximum Gasteiger partial charge on any atom is 0.459 e. The minimum absolute atomic E-state index is 0.135. The van der Waals surface area contributed by atoms with Gasteiger partial charge in [-0.25, -0.2) is 0 Å². The van der Waals surface area contributed by atoms with Crippen molar-refractivity contribution in [1.82, 2.24) is 0 Å². The van der Waals surface area contributed by atoms with Crippen molar-refractivity contribution in [2.75, 3.05) is 26.9 Å². The smallest absolute Gasteiger partial charge is 0.459 e. The lowest BCUT2D eigenvalue weighted by atomic mass is 10.0. The van der Waals surface area contributed by atoms with Gasteiger partial charge in [0, 0.05) is 5.56 Å². The third-order valence-electron chi connectivity index (χ3n) is 5.01. The monoisotopic (exact) mass is 515 g/mol. The van der Waals surface area contributed by atoms with Crippen LogP contribution in [-0.4, -0.2) is 44.7 Å². The fourth-order valence-corrected chi connectivity index (χ4v) is 3.28. The maximum atomic E-state index is 13.9. The van der Waals surface area contributed by atoms with Gasteiger partial charge in [0.1, 0.15) is 31.0 Å². The Kier molecular flexibility index (Phi) is 10.6. The van der Waals surface area contributed by atoms with E-state index in [-0.39, 0.29) is 12.4 Å². The summed E-state index contributed by atoms with van der Waals surface area (Å²) >= 11 is 0. The zero-order valence-corrected chi connectivity index (χ0v) is 20.6. The predicted molar refractivity (Wildman–Crippen MR) is 127 cm³/mol. The lowest BCUT2D eigenvalue weighted by Crippen LogP contribution is -2.44. The molecular formula is C26H30F5NO4. The second-order valence-electron chi connectivity index (χ2n) is 7.89. The van der Waals surface area contributed by atoms with Gasteiger partial charge in [-0.3, -0.25) is 0 Å². The van der Waals surface area contributed by atoms with Crippen LogP contribution in [0.1, 0.15) is 36.5 Å². The maximum absolute atomic E-state index is 13.9. The molecule has 5 nitrogen and oxygen atoms in total. The lowest BCUT2D eigenvalue weighted by molar-refractivity contribution is -0.249. The molecular weight excluding hydrogens is 485 g/mol. The molecule has 0 aliphatic carbocycles. The third-order valence-corrected chi connectivity index (χ3v) is 5.01. The highest BCUT2D eigenvalue weighted by molar-refractivity contribution is 6.06. The van der Waals surface area contributed by atoms with Gasteiger partial charge in [-0.2, -0.15) is 22.0 Å². The van der Waals surface area contributed by atoms with Gasteiger partial charge in [-0.1, -0.05) is 29.4 Å². The number of hydrogen-bond donors (Lipinski definition) is 0. The van der Waals surface area contributed by atoms with E-state index in [4.69, 9.17) is 14.2 Å². The van der Waals surface area contributed by atoms with Gasteiger partial charge < -0.3 is 19.0 Å². The number of rotatable bonds is 13. The van der Waals surface area contributed by atoms with Gasteiger partial charge in [0.25, 0.3) is 0 Å². The Balaban J connectivity index is 1.89. The number of benzene rings is 2. The molecule has 0 amide bonds. The van der Waals surface area contributed by atoms with Crippen molar-refractivity contribution in [3.63, 3.8) is 0 Å². The van der Waals surface area contributed by atoms with Crippen LogP contribution in [0.2, 0.25) is 0 Å². The summed E-state index contributed by atoms with van der Waals surface area (Å²) in [6.45, 7) is 6.92. The Morgan fingerprint density at radius 2 is 1.53 bits per heavy atom. The van der Waals surface area contributed by atoms with Crippen LogP contribution < -0.4 is 14.2 Å². The third kappa shape index (κ3) is 7.86. The summed E-state index contributed by atoms with van der Waals surface area (Å²) in [6, 6.07) is 8.74. The molecule has 2 aromatic rings. The summed E-state index contributed by atoms with van der Waals surface area (Å²) in [5, 5.41) is 2.93. The molecule has 0 atom stereocenters. The standard InChI is InChI=1S/C26H30F5NO4/c1-5-6-12-35-22-15-18(2)23(19(3)16-22)36-14-8-7-13-34-21-11-9-10-20(17-21)24(32-33-4)25(27,28)26(29,30)31/h5-6,9-11,15-17H,7-8,12-14H2,1-4H3/b6-5+,32-24-. The molecule has 0 aliphatic heterocycles. The van der Waals surface area contributed by atoms with Crippen molar-refractivity contribution in [3.8, 4) is 17.2 Å². The molecule has 0 bridgehead atoms. The molecule has 2 rings (SSSR count). The number of unbranched alkanes of at least 4 members (excludes halogenated alkanes) is 1. The first kappa shape index (κ1) is 28.9. The molecule has 0 saturated carbocycles. The van der Waals surface area contributed by atoms with E-state index in [0.717, 1.165) is 41.9 Å². The molecule has 36 heavy (non-hydrogen) atoms. The van der Waals surface area contributed by atoms with Crippen LogP contribution in [0.5, 0.6) is 17.2 Å². The Labute approximate surface area is 207 Å². The fourth-order valence-electron chi connectivity index (χ4n) is 3.28. The lowest BCUT2D eigenvalue weighted by Gasteiger charge is -2.21. The molecule has 0 radical (unpaired) electrons. The molecule has 198 valence electrons. The summed E-state index contributed by atoms with van der Waals surface area (Å²) in [4.78, 5) is 4.23. The molecule has 0 fully saturated rings. The quantitative estimate of drug-likeness (QED) is 0.0944. The van der Waals surface area contributed by atoms with Crippen LogP contribution in [0.25, 0.3) is 0 Å². The average Bonchev–Trinajstić information content (AvgIpc) is 2.80. The number of ether oxygens (including phenoxy) is 3. The molecule has 2 aromatic carbocycles. The Hall–Kier alpha value is -3.30. The van der Waals surface area contributed by atoms with E-state index in [1.807, 2.05) is 45.1 Å². The minimum Gasteiger partial charge on any atom is -0.494 e. The first-order valence-corrected chi connectivity index (χ1v) is 11.3. The van der Waals surface area contributed by atoms with Crippen molar-refractivity contribution >= 4 is 5.71 Å². The zero-order valence-electron chi connectivity index (χ0n) is 20.6. The summed E-state index contributed by atoms with van der Waals surface area (Å²) in [5.74, 6) is -3.52. The molecule has 0 unspecified atom stereocenters. The van der Waals surface area contributed by atoms with Crippen molar-refractivity contribution in [1.29, 1.82) is 0 Å². The fraction of sp³-hybridized carbons (Fsp3) is 0.423. The van der Waals surface area contributed by atoms with E-state index in [0.29, 0.717) is 26.1 Å². The molecule has 0 heterocycles. The van der Waals surface area contributed by atoms with Gasteiger partial charge in [0.05, 0.1) is 13.2 Å². The Bertz CT molecular complexity index is 1030. The normalized spacial score (nSPS) is 12.6. The van der Waals surface area contributed by atoms with E-state index in [2.05, 4.69) is 9.99 Å². The SMILES string of the molecule is C/C=C/COc1cc(C)c(OCCCCOc2cccc(/C(=N/OC)C(F)(F)C(F)(F)F)c2)c(C)c1. The molecule has 0 saturated heterocycles. The molecule has 0 aromatic heterocycles. The van der Waals surface area contributed by atoms with E-state index in [9.17, 15) is 22.0 Å². The molecule has 0 aliphatic rings. The van der Waals surface area contributed by atoms with Gasteiger partial charge >= 0.3 is 12.1 Å². The largest absolute Gasteiger partial charge is 0.494 e. The van der Waals surface area contributed by atoms with Crippen molar-refractivity contribution < 1.29 is 41.0 Å². The number of nitrogens with zero attached hydrogens (tertiary/aromatic N) is 1. The van der Waals surface area contributed by atoms with Crippen LogP contribution in [0.3, 0.4) is 0 Å². The molecule has 0 N–H and O–H groups in total. The number of allylic oxidation sites excluding steroid dienone is 1. The van der Waals surface area contributed by atoms with Crippen molar-refractivity contribution in [2.24, 2.45) is 5.16 Å². The van der Waals surface area contributed by atoms with Crippen molar-refractivity contribution in [3.05, 3.63) is 65.2 Å². The predicted octanol–water partition coefficient (Wildman–Crippen LogP) is 7.04. The number of halogens is 5. The first-order valence-electron chi connectivity index (χ1n) is 11.3. The van der Waals surface area contributed by atoms with E-state index >= 15 is 0 Å². The molecule has 10 heteroatoms. The van der Waals surface area contributed by atoms with Crippen LogP contribution in [0.4, 0.5) is 22.0 Å². The second kappa shape index (κ2) is 13.1. The van der Waals surface area contributed by atoms with Gasteiger partial charge in [0.2, 0.25) is 0 Å². The highest BCUT2D eigenvalue weighted by Crippen LogP contribution is 2.39. The van der Waals surface area contributed by atoms with Gasteiger partial charge in [-0.05, 0) is 69.0 Å². The minimum atomic E-state index is -5.82.